The minimum Gasteiger partial charge on any atom is -0.350 e. The summed E-state index contributed by atoms with van der Waals surface area (Å²) in [4.78, 5) is 23.3. The van der Waals surface area contributed by atoms with Crippen molar-refractivity contribution in [3.05, 3.63) is 35.9 Å². The van der Waals surface area contributed by atoms with Crippen molar-refractivity contribution in [2.75, 3.05) is 5.75 Å². The van der Waals surface area contributed by atoms with Gasteiger partial charge in [0.2, 0.25) is 11.8 Å². The average Bonchev–Trinajstić information content (AvgIpc) is 2.53. The van der Waals surface area contributed by atoms with Crippen molar-refractivity contribution in [1.82, 2.24) is 10.6 Å². The summed E-state index contributed by atoms with van der Waals surface area (Å²) in [6.07, 6.45) is 0. The van der Waals surface area contributed by atoms with Crippen molar-refractivity contribution in [3.8, 4) is 12.1 Å². The predicted molar refractivity (Wildman–Crippen MR) is 83.4 cm³/mol. The summed E-state index contributed by atoms with van der Waals surface area (Å²) in [5, 5.41) is 21.9. The van der Waals surface area contributed by atoms with Crippen LogP contribution >= 0.6 is 11.8 Å². The molecule has 0 spiro atoms. The maximum Gasteiger partial charge on any atom is 0.243 e. The highest BCUT2D eigenvalue weighted by Gasteiger charge is 2.21. The van der Waals surface area contributed by atoms with Crippen molar-refractivity contribution in [1.29, 1.82) is 10.5 Å². The molecule has 0 fully saturated rings. The molecule has 2 amide bonds. The second kappa shape index (κ2) is 9.43. The number of carbonyl (C=O) groups excluding carboxylic acids is 2. The largest absolute Gasteiger partial charge is 0.350 e. The van der Waals surface area contributed by atoms with Gasteiger partial charge in [-0.1, -0.05) is 30.3 Å². The summed E-state index contributed by atoms with van der Waals surface area (Å²) < 4.78 is 0. The number of benzene rings is 1. The molecule has 1 atom stereocenters. The van der Waals surface area contributed by atoms with E-state index in [0.29, 0.717) is 6.54 Å². The fourth-order valence-corrected chi connectivity index (χ4v) is 2.40. The van der Waals surface area contributed by atoms with Gasteiger partial charge in [0.05, 0.1) is 12.1 Å². The summed E-state index contributed by atoms with van der Waals surface area (Å²) >= 11 is 1.02. The smallest absolute Gasteiger partial charge is 0.243 e. The molecule has 114 valence electrons. The van der Waals surface area contributed by atoms with Crippen molar-refractivity contribution < 1.29 is 9.59 Å². The second-order valence-corrected chi connectivity index (χ2v) is 5.57. The molecule has 0 aliphatic rings. The lowest BCUT2D eigenvalue weighted by molar-refractivity contribution is -0.127. The van der Waals surface area contributed by atoms with Gasteiger partial charge in [-0.15, -0.1) is 11.8 Å². The van der Waals surface area contributed by atoms with Gasteiger partial charge in [0.25, 0.3) is 0 Å². The van der Waals surface area contributed by atoms with Crippen LogP contribution in [0.4, 0.5) is 0 Å². The Hall–Kier alpha value is -2.51. The molecule has 0 saturated carbocycles. The predicted octanol–water partition coefficient (Wildman–Crippen LogP) is 0.956. The topological polar surface area (TPSA) is 106 Å². The van der Waals surface area contributed by atoms with Crippen LogP contribution in [0.15, 0.2) is 30.3 Å². The number of carbonyl (C=O) groups is 2. The van der Waals surface area contributed by atoms with Crippen molar-refractivity contribution in [2.45, 2.75) is 24.8 Å². The third kappa shape index (κ3) is 6.29. The zero-order valence-corrected chi connectivity index (χ0v) is 12.9. The highest BCUT2D eigenvalue weighted by molar-refractivity contribution is 8.00. The van der Waals surface area contributed by atoms with Gasteiger partial charge >= 0.3 is 0 Å². The van der Waals surface area contributed by atoms with Gasteiger partial charge in [0.1, 0.15) is 6.04 Å². The van der Waals surface area contributed by atoms with E-state index in [1.807, 2.05) is 42.5 Å². The van der Waals surface area contributed by atoms with Crippen LogP contribution in [0.5, 0.6) is 0 Å². The first-order valence-electron chi connectivity index (χ1n) is 6.56. The Balaban J connectivity index is 2.58. The lowest BCUT2D eigenvalue weighted by atomic mass is 10.2. The Morgan fingerprint density at radius 3 is 2.41 bits per heavy atom. The fraction of sp³-hybridized carbons (Fsp3) is 0.333. The molecule has 22 heavy (non-hydrogen) atoms. The normalized spacial score (nSPS) is 11.1. The molecular weight excluding hydrogens is 300 g/mol. The Kier molecular flexibility index (Phi) is 7.52. The molecule has 0 heterocycles. The molecule has 1 aromatic rings. The van der Waals surface area contributed by atoms with Crippen molar-refractivity contribution in [3.63, 3.8) is 0 Å². The number of hydrogen-bond donors (Lipinski definition) is 2. The maximum atomic E-state index is 12.1. The SMILES string of the molecule is CC(=O)NC(CSC(C#N)C#N)C(=O)NCc1ccccc1. The summed E-state index contributed by atoms with van der Waals surface area (Å²) in [5.41, 5.74) is 0.942. The molecule has 1 unspecified atom stereocenters. The van der Waals surface area contributed by atoms with Crippen LogP contribution in [-0.2, 0) is 16.1 Å². The standard InChI is InChI=1S/C15H16N4O2S/c1-11(20)19-14(10-22-13(7-16)8-17)15(21)18-9-12-5-3-2-4-6-12/h2-6,13-14H,9-10H2,1H3,(H,18,21)(H,19,20). The van der Waals surface area contributed by atoms with Crippen molar-refractivity contribution >= 4 is 23.6 Å². The zero-order chi connectivity index (χ0) is 16.4. The summed E-state index contributed by atoms with van der Waals surface area (Å²) in [6.45, 7) is 1.66. The minimum atomic E-state index is -0.863. The highest BCUT2D eigenvalue weighted by Crippen LogP contribution is 2.11. The first kappa shape index (κ1) is 17.5. The molecule has 1 aromatic carbocycles. The second-order valence-electron chi connectivity index (χ2n) is 4.43. The van der Waals surface area contributed by atoms with Crippen LogP contribution in [0.25, 0.3) is 0 Å². The van der Waals surface area contributed by atoms with Crippen LogP contribution in [0.1, 0.15) is 12.5 Å². The number of thioether (sulfide) groups is 1. The van der Waals surface area contributed by atoms with Crippen LogP contribution in [0.2, 0.25) is 0 Å². The quantitative estimate of drug-likeness (QED) is 0.779. The Morgan fingerprint density at radius 2 is 1.86 bits per heavy atom. The molecule has 0 aliphatic carbocycles. The molecule has 6 nitrogen and oxygen atoms in total. The Labute approximate surface area is 133 Å². The number of amides is 2. The Bertz CT molecular complexity index is 578. The van der Waals surface area contributed by atoms with Gasteiger partial charge in [-0.05, 0) is 5.56 Å². The molecular formula is C15H16N4O2S. The summed E-state index contributed by atoms with van der Waals surface area (Å²) in [7, 11) is 0. The van der Waals surface area contributed by atoms with Gasteiger partial charge in [-0.3, -0.25) is 9.59 Å². The van der Waals surface area contributed by atoms with E-state index in [1.54, 1.807) is 0 Å². The molecule has 0 saturated heterocycles. The van der Waals surface area contributed by atoms with Crippen LogP contribution in [-0.4, -0.2) is 28.9 Å². The van der Waals surface area contributed by atoms with Gasteiger partial charge < -0.3 is 10.6 Å². The number of nitriles is 2. The highest BCUT2D eigenvalue weighted by atomic mass is 32.2. The van der Waals surface area contributed by atoms with Gasteiger partial charge in [-0.2, -0.15) is 10.5 Å². The maximum absolute atomic E-state index is 12.1. The molecule has 0 aromatic heterocycles. The fourth-order valence-electron chi connectivity index (χ4n) is 1.63. The van der Waals surface area contributed by atoms with E-state index in [9.17, 15) is 9.59 Å². The molecule has 0 bridgehead atoms. The average molecular weight is 316 g/mol. The summed E-state index contributed by atoms with van der Waals surface area (Å²) in [5.74, 6) is -0.529. The van der Waals surface area contributed by atoms with Gasteiger partial charge in [-0.25, -0.2) is 0 Å². The number of nitrogens with one attached hydrogen (secondary N) is 2. The lowest BCUT2D eigenvalue weighted by Gasteiger charge is -2.17. The van der Waals surface area contributed by atoms with E-state index >= 15 is 0 Å². The number of nitrogens with zero attached hydrogens (tertiary/aromatic N) is 2. The van der Waals surface area contributed by atoms with Crippen LogP contribution in [0.3, 0.4) is 0 Å². The van der Waals surface area contributed by atoms with Gasteiger partial charge in [0, 0.05) is 19.2 Å². The van der Waals surface area contributed by atoms with Gasteiger partial charge in [0.15, 0.2) is 5.25 Å². The molecule has 0 aliphatic heterocycles. The third-order valence-corrected chi connectivity index (χ3v) is 3.74. The van der Waals surface area contributed by atoms with E-state index in [4.69, 9.17) is 10.5 Å². The van der Waals surface area contributed by atoms with E-state index in [-0.39, 0.29) is 17.6 Å². The van der Waals surface area contributed by atoms with E-state index in [1.165, 1.54) is 6.92 Å². The van der Waals surface area contributed by atoms with E-state index < -0.39 is 11.3 Å². The lowest BCUT2D eigenvalue weighted by Crippen LogP contribution is -2.47. The minimum absolute atomic E-state index is 0.159. The van der Waals surface area contributed by atoms with Crippen molar-refractivity contribution in [2.24, 2.45) is 0 Å². The first-order chi connectivity index (χ1) is 10.6. The molecule has 7 heteroatoms. The zero-order valence-electron chi connectivity index (χ0n) is 12.1. The van der Waals surface area contributed by atoms with E-state index in [0.717, 1.165) is 17.3 Å². The Morgan fingerprint density at radius 1 is 1.23 bits per heavy atom. The first-order valence-corrected chi connectivity index (χ1v) is 7.61. The number of hydrogen-bond acceptors (Lipinski definition) is 5. The number of rotatable bonds is 7. The summed E-state index contributed by atoms with van der Waals surface area (Å²) in [6, 6.07) is 12.2. The van der Waals surface area contributed by atoms with E-state index in [2.05, 4.69) is 10.6 Å². The van der Waals surface area contributed by atoms with Crippen LogP contribution in [0, 0.1) is 22.7 Å². The molecule has 1 rings (SSSR count). The molecule has 0 radical (unpaired) electrons. The third-order valence-electron chi connectivity index (χ3n) is 2.67. The molecule has 2 N–H and O–H groups in total. The van der Waals surface area contributed by atoms with Crippen LogP contribution < -0.4 is 10.6 Å². The monoisotopic (exact) mass is 316 g/mol.